The van der Waals surface area contributed by atoms with Crippen LogP contribution in [0.3, 0.4) is 0 Å². The Balaban J connectivity index is 1.42. The Hall–Kier alpha value is -1.80. The monoisotopic (exact) mass is 323 g/mol. The van der Waals surface area contributed by atoms with Gasteiger partial charge in [-0.05, 0) is 62.4 Å². The van der Waals surface area contributed by atoms with Gasteiger partial charge in [-0.3, -0.25) is 4.90 Å². The van der Waals surface area contributed by atoms with Crippen LogP contribution in [0.2, 0.25) is 0 Å². The van der Waals surface area contributed by atoms with E-state index in [0.29, 0.717) is 5.41 Å². The standard InChI is InChI=1S/C22H29NO/c1-19-8-10-20(11-9-19)18-23-15-12-22(2,13-16-23)14-17-24-21-6-4-3-5-7-21/h3-11H,12-18H2,1-2H3. The summed E-state index contributed by atoms with van der Waals surface area (Å²) in [6.07, 6.45) is 3.66. The van der Waals surface area contributed by atoms with Crippen LogP contribution >= 0.6 is 0 Å². The van der Waals surface area contributed by atoms with E-state index in [0.717, 1.165) is 25.3 Å². The normalized spacial score (nSPS) is 17.6. The molecule has 0 aromatic heterocycles. The third kappa shape index (κ3) is 4.85. The van der Waals surface area contributed by atoms with Crippen molar-refractivity contribution >= 4 is 0 Å². The lowest BCUT2D eigenvalue weighted by atomic mass is 9.78. The topological polar surface area (TPSA) is 12.5 Å². The van der Waals surface area contributed by atoms with Crippen molar-refractivity contribution < 1.29 is 4.74 Å². The highest BCUT2D eigenvalue weighted by atomic mass is 16.5. The predicted molar refractivity (Wildman–Crippen MR) is 100 cm³/mol. The summed E-state index contributed by atoms with van der Waals surface area (Å²) in [6.45, 7) is 8.85. The molecular formula is C22H29NO. The molecule has 2 aromatic rings. The van der Waals surface area contributed by atoms with E-state index < -0.39 is 0 Å². The average molecular weight is 323 g/mol. The summed E-state index contributed by atoms with van der Waals surface area (Å²) < 4.78 is 5.89. The SMILES string of the molecule is Cc1ccc(CN2CCC(C)(CCOc3ccccc3)CC2)cc1. The first-order valence-corrected chi connectivity index (χ1v) is 9.09. The van der Waals surface area contributed by atoms with E-state index in [2.05, 4.69) is 43.0 Å². The van der Waals surface area contributed by atoms with Crippen LogP contribution in [0.1, 0.15) is 37.3 Å². The van der Waals surface area contributed by atoms with Gasteiger partial charge in [-0.25, -0.2) is 0 Å². The van der Waals surface area contributed by atoms with Gasteiger partial charge < -0.3 is 4.74 Å². The van der Waals surface area contributed by atoms with Crippen molar-refractivity contribution in [3.63, 3.8) is 0 Å². The first-order chi connectivity index (χ1) is 11.6. The molecule has 2 aromatic carbocycles. The second kappa shape index (κ2) is 7.85. The third-order valence-corrected chi connectivity index (χ3v) is 5.31. The molecule has 1 fully saturated rings. The minimum atomic E-state index is 0.415. The van der Waals surface area contributed by atoms with Crippen LogP contribution < -0.4 is 4.74 Å². The minimum absolute atomic E-state index is 0.415. The molecule has 0 amide bonds. The zero-order valence-corrected chi connectivity index (χ0v) is 15.0. The average Bonchev–Trinajstić information content (AvgIpc) is 2.60. The highest BCUT2D eigenvalue weighted by Crippen LogP contribution is 2.35. The number of rotatable bonds is 6. The van der Waals surface area contributed by atoms with Crippen LogP contribution in [0.25, 0.3) is 0 Å². The highest BCUT2D eigenvalue weighted by Gasteiger charge is 2.29. The van der Waals surface area contributed by atoms with Gasteiger partial charge in [-0.2, -0.15) is 0 Å². The maximum atomic E-state index is 5.89. The van der Waals surface area contributed by atoms with Crippen molar-refractivity contribution in [1.29, 1.82) is 0 Å². The summed E-state index contributed by atoms with van der Waals surface area (Å²) in [5.41, 5.74) is 3.18. The maximum Gasteiger partial charge on any atom is 0.119 e. The molecule has 0 N–H and O–H groups in total. The van der Waals surface area contributed by atoms with Crippen LogP contribution in [0, 0.1) is 12.3 Å². The molecule has 0 saturated carbocycles. The van der Waals surface area contributed by atoms with Gasteiger partial charge in [0.15, 0.2) is 0 Å². The molecule has 0 radical (unpaired) electrons. The lowest BCUT2D eigenvalue weighted by molar-refractivity contribution is 0.0904. The number of aryl methyl sites for hydroxylation is 1. The molecule has 0 atom stereocenters. The number of para-hydroxylation sites is 1. The van der Waals surface area contributed by atoms with E-state index in [9.17, 15) is 0 Å². The predicted octanol–water partition coefficient (Wildman–Crippen LogP) is 5.07. The fourth-order valence-electron chi connectivity index (χ4n) is 3.38. The second-order valence-corrected chi connectivity index (χ2v) is 7.48. The summed E-state index contributed by atoms with van der Waals surface area (Å²) in [5.74, 6) is 0.984. The zero-order valence-electron chi connectivity index (χ0n) is 15.0. The van der Waals surface area contributed by atoms with Crippen LogP contribution in [0.4, 0.5) is 0 Å². The van der Waals surface area contributed by atoms with Crippen LogP contribution in [-0.4, -0.2) is 24.6 Å². The summed E-state index contributed by atoms with van der Waals surface area (Å²) in [5, 5.41) is 0. The molecule has 0 unspecified atom stereocenters. The Labute approximate surface area is 146 Å². The van der Waals surface area contributed by atoms with Gasteiger partial charge in [-0.1, -0.05) is 55.0 Å². The Morgan fingerprint density at radius 2 is 1.62 bits per heavy atom. The van der Waals surface area contributed by atoms with Gasteiger partial charge in [-0.15, -0.1) is 0 Å². The van der Waals surface area contributed by atoms with Gasteiger partial charge in [0.2, 0.25) is 0 Å². The van der Waals surface area contributed by atoms with E-state index in [1.807, 2.05) is 30.3 Å². The smallest absolute Gasteiger partial charge is 0.119 e. The Morgan fingerprint density at radius 1 is 0.958 bits per heavy atom. The van der Waals surface area contributed by atoms with Gasteiger partial charge in [0.25, 0.3) is 0 Å². The fraction of sp³-hybridized carbons (Fsp3) is 0.455. The number of benzene rings is 2. The molecular weight excluding hydrogens is 294 g/mol. The number of hydrogen-bond donors (Lipinski definition) is 0. The molecule has 0 bridgehead atoms. The largest absolute Gasteiger partial charge is 0.494 e. The molecule has 24 heavy (non-hydrogen) atoms. The zero-order chi connectivity index (χ0) is 16.8. The van der Waals surface area contributed by atoms with Crippen molar-refractivity contribution in [2.75, 3.05) is 19.7 Å². The number of piperidine rings is 1. The van der Waals surface area contributed by atoms with Gasteiger partial charge in [0, 0.05) is 6.54 Å². The third-order valence-electron chi connectivity index (χ3n) is 5.31. The van der Waals surface area contributed by atoms with Crippen molar-refractivity contribution in [3.8, 4) is 5.75 Å². The van der Waals surface area contributed by atoms with E-state index in [1.165, 1.54) is 37.1 Å². The van der Waals surface area contributed by atoms with E-state index in [-0.39, 0.29) is 0 Å². The first-order valence-electron chi connectivity index (χ1n) is 9.09. The molecule has 1 aliphatic rings. The number of hydrogen-bond acceptors (Lipinski definition) is 2. The second-order valence-electron chi connectivity index (χ2n) is 7.48. The van der Waals surface area contributed by atoms with Gasteiger partial charge >= 0.3 is 0 Å². The van der Waals surface area contributed by atoms with Crippen molar-refractivity contribution in [1.82, 2.24) is 4.90 Å². The van der Waals surface area contributed by atoms with Crippen molar-refractivity contribution in [2.24, 2.45) is 5.41 Å². The molecule has 2 heteroatoms. The van der Waals surface area contributed by atoms with Gasteiger partial charge in [0.05, 0.1) is 6.61 Å². The fourth-order valence-corrected chi connectivity index (χ4v) is 3.38. The maximum absolute atomic E-state index is 5.89. The summed E-state index contributed by atoms with van der Waals surface area (Å²) in [6, 6.07) is 19.1. The van der Waals surface area contributed by atoms with Crippen LogP contribution in [0.5, 0.6) is 5.75 Å². The lowest BCUT2D eigenvalue weighted by Gasteiger charge is -2.39. The molecule has 1 saturated heterocycles. The molecule has 3 rings (SSSR count). The number of likely N-dealkylation sites (tertiary alicyclic amines) is 1. The van der Waals surface area contributed by atoms with Gasteiger partial charge in [0.1, 0.15) is 5.75 Å². The summed E-state index contributed by atoms with van der Waals surface area (Å²) >= 11 is 0. The summed E-state index contributed by atoms with van der Waals surface area (Å²) in [4.78, 5) is 2.59. The molecule has 0 aliphatic carbocycles. The molecule has 128 valence electrons. The Morgan fingerprint density at radius 3 is 2.29 bits per heavy atom. The Kier molecular flexibility index (Phi) is 5.57. The van der Waals surface area contributed by atoms with Crippen LogP contribution in [-0.2, 0) is 6.54 Å². The van der Waals surface area contributed by atoms with Crippen LogP contribution in [0.15, 0.2) is 54.6 Å². The van der Waals surface area contributed by atoms with E-state index >= 15 is 0 Å². The highest BCUT2D eigenvalue weighted by molar-refractivity contribution is 5.21. The number of ether oxygens (including phenoxy) is 1. The van der Waals surface area contributed by atoms with Crippen molar-refractivity contribution in [2.45, 2.75) is 39.7 Å². The lowest BCUT2D eigenvalue weighted by Crippen LogP contribution is -2.38. The Bertz CT molecular complexity index is 612. The quantitative estimate of drug-likeness (QED) is 0.736. The molecule has 1 aliphatic heterocycles. The molecule has 1 heterocycles. The summed E-state index contributed by atoms with van der Waals surface area (Å²) in [7, 11) is 0. The van der Waals surface area contributed by atoms with E-state index in [1.54, 1.807) is 0 Å². The number of nitrogens with zero attached hydrogens (tertiary/aromatic N) is 1. The van der Waals surface area contributed by atoms with Crippen molar-refractivity contribution in [3.05, 3.63) is 65.7 Å². The molecule has 0 spiro atoms. The first kappa shape index (κ1) is 17.0. The molecule has 2 nitrogen and oxygen atoms in total. The van der Waals surface area contributed by atoms with E-state index in [4.69, 9.17) is 4.74 Å². The minimum Gasteiger partial charge on any atom is -0.494 e.